The number of carbonyl (C=O) groups is 1. The summed E-state index contributed by atoms with van der Waals surface area (Å²) in [7, 11) is -3.54. The Morgan fingerprint density at radius 3 is 2.85 bits per heavy atom. The van der Waals surface area contributed by atoms with Crippen LogP contribution in [0, 0.1) is 23.2 Å². The van der Waals surface area contributed by atoms with Crippen LogP contribution in [0.1, 0.15) is 39.0 Å². The largest absolute Gasteiger partial charge is 0.299 e. The summed E-state index contributed by atoms with van der Waals surface area (Å²) in [5, 5.41) is 0. The van der Waals surface area contributed by atoms with E-state index in [0.29, 0.717) is 12.3 Å². The monoisotopic (exact) mass is 298 g/mol. The van der Waals surface area contributed by atoms with Crippen LogP contribution in [0.5, 0.6) is 0 Å². The average Bonchev–Trinajstić information content (AvgIpc) is 2.82. The zero-order valence-electron chi connectivity index (χ0n) is 12.0. The van der Waals surface area contributed by atoms with Crippen LogP contribution < -0.4 is 0 Å². The van der Waals surface area contributed by atoms with Crippen LogP contribution in [0.15, 0.2) is 12.2 Å². The fourth-order valence-corrected chi connectivity index (χ4v) is 5.42. The number of Topliss-reactive ketones (excluding diaryl/α,β-unsaturated/α-hetero) is 1. The summed E-state index contributed by atoms with van der Waals surface area (Å²) in [6.45, 7) is 1.91. The lowest BCUT2D eigenvalue weighted by atomic mass is 9.53. The van der Waals surface area contributed by atoms with E-state index < -0.39 is 21.6 Å². The van der Waals surface area contributed by atoms with E-state index in [9.17, 15) is 13.2 Å². The fourth-order valence-electron chi connectivity index (χ4n) is 4.69. The van der Waals surface area contributed by atoms with Crippen LogP contribution in [0.4, 0.5) is 0 Å². The third-order valence-corrected chi connectivity index (χ3v) is 6.01. The SMILES string of the molecule is CC[C@H](OS(C)(=O)=O)[C@]12CCC[C@H](C1=O)[C@@H]1C=C[C@H]2C1. The van der Waals surface area contributed by atoms with Crippen molar-refractivity contribution in [3.8, 4) is 0 Å². The quantitative estimate of drug-likeness (QED) is 0.590. The number of hydrogen-bond acceptors (Lipinski definition) is 4. The molecule has 0 aromatic heterocycles. The van der Waals surface area contributed by atoms with Gasteiger partial charge in [-0.1, -0.05) is 25.5 Å². The van der Waals surface area contributed by atoms with E-state index in [1.807, 2.05) is 6.92 Å². The van der Waals surface area contributed by atoms with E-state index in [0.717, 1.165) is 31.9 Å². The molecule has 0 aromatic rings. The van der Waals surface area contributed by atoms with Gasteiger partial charge in [-0.2, -0.15) is 8.42 Å². The summed E-state index contributed by atoms with van der Waals surface area (Å²) < 4.78 is 28.5. The predicted octanol–water partition coefficient (Wildman–Crippen LogP) is 2.30. The molecule has 0 unspecified atom stereocenters. The lowest BCUT2D eigenvalue weighted by Crippen LogP contribution is -2.56. The van der Waals surface area contributed by atoms with E-state index in [1.165, 1.54) is 0 Å². The molecule has 5 heteroatoms. The summed E-state index contributed by atoms with van der Waals surface area (Å²) in [6, 6.07) is 0. The van der Waals surface area contributed by atoms with Gasteiger partial charge >= 0.3 is 0 Å². The Morgan fingerprint density at radius 1 is 1.45 bits per heavy atom. The third-order valence-electron chi connectivity index (χ3n) is 5.43. The number of fused-ring (bicyclic) bond motifs is 6. The average molecular weight is 298 g/mol. The molecule has 5 atom stereocenters. The summed E-state index contributed by atoms with van der Waals surface area (Å²) in [6.07, 6.45) is 9.12. The molecular formula is C15H22O4S. The van der Waals surface area contributed by atoms with Crippen molar-refractivity contribution >= 4 is 15.9 Å². The van der Waals surface area contributed by atoms with Gasteiger partial charge in [-0.15, -0.1) is 0 Å². The van der Waals surface area contributed by atoms with Crippen LogP contribution in [0.3, 0.4) is 0 Å². The van der Waals surface area contributed by atoms with E-state index in [-0.39, 0.29) is 17.6 Å². The number of hydrogen-bond donors (Lipinski definition) is 0. The van der Waals surface area contributed by atoms with Gasteiger partial charge in [0.25, 0.3) is 10.1 Å². The van der Waals surface area contributed by atoms with E-state index in [2.05, 4.69) is 12.2 Å². The highest BCUT2D eigenvalue weighted by molar-refractivity contribution is 7.86. The van der Waals surface area contributed by atoms with Crippen LogP contribution in [0.25, 0.3) is 0 Å². The molecule has 2 saturated carbocycles. The zero-order valence-corrected chi connectivity index (χ0v) is 12.9. The molecule has 0 aliphatic heterocycles. The second-order valence-electron chi connectivity index (χ2n) is 6.49. The molecule has 3 aliphatic carbocycles. The molecule has 3 aliphatic rings. The van der Waals surface area contributed by atoms with E-state index >= 15 is 0 Å². The van der Waals surface area contributed by atoms with E-state index in [4.69, 9.17) is 4.18 Å². The van der Waals surface area contributed by atoms with Gasteiger partial charge in [0.1, 0.15) is 5.78 Å². The molecule has 0 saturated heterocycles. The number of ketones is 1. The highest BCUT2D eigenvalue weighted by Gasteiger charge is 2.60. The van der Waals surface area contributed by atoms with E-state index in [1.54, 1.807) is 0 Å². The molecule has 4 nitrogen and oxygen atoms in total. The first-order chi connectivity index (χ1) is 9.38. The second-order valence-corrected chi connectivity index (χ2v) is 8.09. The summed E-state index contributed by atoms with van der Waals surface area (Å²) in [5.41, 5.74) is -0.607. The first-order valence-corrected chi connectivity index (χ1v) is 9.31. The standard InChI is InChI=1S/C15H22O4S/c1-3-13(19-20(2,17)18)15-8-4-5-12(14(15)16)10-6-7-11(15)9-10/h6-7,10-13H,3-5,8-9H2,1-2H3/t10-,11+,12+,13+,15-/m1/s1. The molecule has 0 spiro atoms. The molecule has 3 rings (SSSR count). The summed E-state index contributed by atoms with van der Waals surface area (Å²) in [4.78, 5) is 13.0. The maximum Gasteiger partial charge on any atom is 0.264 e. The van der Waals surface area contributed by atoms with Crippen LogP contribution in [-0.4, -0.2) is 26.6 Å². The Bertz CT molecular complexity index is 550. The Labute approximate surface area is 120 Å². The van der Waals surface area contributed by atoms with Crippen LogP contribution in [0.2, 0.25) is 0 Å². The summed E-state index contributed by atoms with van der Waals surface area (Å²) >= 11 is 0. The van der Waals surface area contributed by atoms with Gasteiger partial charge in [0.2, 0.25) is 0 Å². The van der Waals surface area contributed by atoms with Gasteiger partial charge in [0, 0.05) is 5.92 Å². The fraction of sp³-hybridized carbons (Fsp3) is 0.800. The smallest absolute Gasteiger partial charge is 0.264 e. The van der Waals surface area contributed by atoms with Gasteiger partial charge in [-0.25, -0.2) is 0 Å². The zero-order chi connectivity index (χ0) is 14.5. The Hall–Kier alpha value is -0.680. The second kappa shape index (κ2) is 4.67. The van der Waals surface area contributed by atoms with Gasteiger partial charge in [-0.3, -0.25) is 8.98 Å². The van der Waals surface area contributed by atoms with Crippen molar-refractivity contribution in [1.29, 1.82) is 0 Å². The minimum Gasteiger partial charge on any atom is -0.299 e. The third kappa shape index (κ3) is 1.98. The van der Waals surface area contributed by atoms with Crippen molar-refractivity contribution in [2.75, 3.05) is 6.26 Å². The maximum absolute atomic E-state index is 13.0. The lowest BCUT2D eigenvalue weighted by molar-refractivity contribution is -0.154. The van der Waals surface area contributed by atoms with Gasteiger partial charge < -0.3 is 0 Å². The molecule has 0 radical (unpaired) electrons. The van der Waals surface area contributed by atoms with Crippen molar-refractivity contribution < 1.29 is 17.4 Å². The normalized spacial score (nSPS) is 40.9. The lowest BCUT2D eigenvalue weighted by Gasteiger charge is -2.51. The first-order valence-electron chi connectivity index (χ1n) is 7.49. The van der Waals surface area contributed by atoms with Crippen LogP contribution in [-0.2, 0) is 19.1 Å². The minimum absolute atomic E-state index is 0.0796. The number of rotatable bonds is 4. The van der Waals surface area contributed by atoms with Gasteiger partial charge in [0.05, 0.1) is 17.8 Å². The number of carbonyl (C=O) groups excluding carboxylic acids is 1. The molecule has 112 valence electrons. The Kier molecular flexibility index (Phi) is 3.33. The van der Waals surface area contributed by atoms with Gasteiger partial charge in [-0.05, 0) is 37.5 Å². The molecule has 4 bridgehead atoms. The predicted molar refractivity (Wildman–Crippen MR) is 75.5 cm³/mol. The Balaban J connectivity index is 2.02. The molecule has 20 heavy (non-hydrogen) atoms. The number of allylic oxidation sites excluding steroid dienone is 2. The molecule has 0 heterocycles. The highest BCUT2D eigenvalue weighted by atomic mass is 32.2. The van der Waals surface area contributed by atoms with Crippen LogP contribution >= 0.6 is 0 Å². The molecule has 2 fully saturated rings. The molecule has 0 N–H and O–H groups in total. The van der Waals surface area contributed by atoms with Crippen molar-refractivity contribution in [2.24, 2.45) is 23.2 Å². The molecular weight excluding hydrogens is 276 g/mol. The molecule has 0 aromatic carbocycles. The van der Waals surface area contributed by atoms with Crippen molar-refractivity contribution in [2.45, 2.75) is 45.1 Å². The molecule has 0 amide bonds. The van der Waals surface area contributed by atoms with Gasteiger partial charge in [0.15, 0.2) is 0 Å². The van der Waals surface area contributed by atoms with Crippen molar-refractivity contribution in [3.63, 3.8) is 0 Å². The Morgan fingerprint density at radius 2 is 2.20 bits per heavy atom. The minimum atomic E-state index is -3.54. The highest BCUT2D eigenvalue weighted by Crippen LogP contribution is 2.58. The van der Waals surface area contributed by atoms with Crippen molar-refractivity contribution in [3.05, 3.63) is 12.2 Å². The maximum atomic E-state index is 13.0. The first kappa shape index (κ1) is 14.3. The summed E-state index contributed by atoms with van der Waals surface area (Å²) in [5.74, 6) is 0.862. The topological polar surface area (TPSA) is 60.4 Å². The van der Waals surface area contributed by atoms with Crippen molar-refractivity contribution in [1.82, 2.24) is 0 Å².